The third-order valence-electron chi connectivity index (χ3n) is 5.17. The molecule has 33 heavy (non-hydrogen) atoms. The van der Waals surface area contributed by atoms with Crippen molar-refractivity contribution in [2.24, 2.45) is 0 Å². The van der Waals surface area contributed by atoms with Gasteiger partial charge < -0.3 is 19.3 Å². The molecule has 1 amide bonds. The molecule has 0 fully saturated rings. The Morgan fingerprint density at radius 1 is 1.00 bits per heavy atom. The molecule has 0 aliphatic heterocycles. The van der Waals surface area contributed by atoms with Crippen LogP contribution < -0.4 is 14.8 Å². The zero-order valence-corrected chi connectivity index (χ0v) is 19.0. The van der Waals surface area contributed by atoms with Gasteiger partial charge in [-0.1, -0.05) is 35.5 Å². The molecule has 0 aliphatic carbocycles. The minimum Gasteiger partial charge on any atom is -0.493 e. The van der Waals surface area contributed by atoms with Crippen LogP contribution in [0.4, 0.5) is 0 Å². The molecule has 2 aromatic heterocycles. The number of hydrogen-bond donors (Lipinski definition) is 1. The van der Waals surface area contributed by atoms with E-state index < -0.39 is 5.91 Å². The second-order valence-electron chi connectivity index (χ2n) is 7.58. The first-order valence-electron chi connectivity index (χ1n) is 10.4. The third-order valence-corrected chi connectivity index (χ3v) is 5.17. The molecular weight excluding hydrogens is 422 g/mol. The minimum absolute atomic E-state index is 0.0998. The van der Waals surface area contributed by atoms with Crippen LogP contribution in [0.1, 0.15) is 33.2 Å². The van der Waals surface area contributed by atoms with Crippen molar-refractivity contribution in [3.63, 3.8) is 0 Å². The van der Waals surface area contributed by atoms with E-state index in [4.69, 9.17) is 14.0 Å². The summed E-state index contributed by atoms with van der Waals surface area (Å²) < 4.78 is 17.6. The Kier molecular flexibility index (Phi) is 6.39. The van der Waals surface area contributed by atoms with E-state index in [1.807, 2.05) is 54.9 Å². The molecule has 0 bridgehead atoms. The number of hydrogen-bond acceptors (Lipinski definition) is 7. The lowest BCUT2D eigenvalue weighted by Gasteiger charge is -2.09. The summed E-state index contributed by atoms with van der Waals surface area (Å²) in [7, 11) is 3.13. The summed E-state index contributed by atoms with van der Waals surface area (Å²) in [6, 6.07) is 15.2. The van der Waals surface area contributed by atoms with Gasteiger partial charge in [-0.25, -0.2) is 0 Å². The molecule has 0 saturated carbocycles. The lowest BCUT2D eigenvalue weighted by atomic mass is 10.1. The van der Waals surface area contributed by atoms with Gasteiger partial charge in [0.15, 0.2) is 11.5 Å². The molecule has 2 aromatic carbocycles. The quantitative estimate of drug-likeness (QED) is 0.440. The number of methoxy groups -OCH3 is 2. The highest BCUT2D eigenvalue weighted by atomic mass is 16.5. The Morgan fingerprint density at radius 3 is 2.39 bits per heavy atom. The molecule has 0 spiro atoms. The molecule has 9 nitrogen and oxygen atoms in total. The largest absolute Gasteiger partial charge is 0.493 e. The summed E-state index contributed by atoms with van der Waals surface area (Å²) in [5.74, 6) is 1.01. The van der Waals surface area contributed by atoms with Crippen molar-refractivity contribution < 1.29 is 18.8 Å². The summed E-state index contributed by atoms with van der Waals surface area (Å²) in [6.45, 7) is 4.96. The van der Waals surface area contributed by atoms with Crippen molar-refractivity contribution in [3.8, 4) is 22.9 Å². The molecule has 2 heterocycles. The Morgan fingerprint density at radius 2 is 1.73 bits per heavy atom. The number of carbonyl (C=O) groups excluding carboxylic acids is 1. The zero-order valence-electron chi connectivity index (χ0n) is 19.0. The highest BCUT2D eigenvalue weighted by molar-refractivity contribution is 5.89. The van der Waals surface area contributed by atoms with Gasteiger partial charge in [-0.05, 0) is 43.2 Å². The number of benzene rings is 2. The van der Waals surface area contributed by atoms with Gasteiger partial charge in [0.05, 0.1) is 26.5 Å². The normalized spacial score (nSPS) is 10.8. The number of carbonyl (C=O) groups is 1. The van der Waals surface area contributed by atoms with Crippen LogP contribution in [0.25, 0.3) is 11.4 Å². The molecule has 4 aromatic rings. The van der Waals surface area contributed by atoms with Crippen molar-refractivity contribution in [2.75, 3.05) is 14.2 Å². The number of aryl methyl sites for hydroxylation is 2. The standard InChI is InChI=1S/C24H25N5O4/c1-15-11-16(2)29(27-15)14-17-5-8-19(9-6-17)22-26-24(33-28-22)23(30)25-13-18-7-10-20(31-3)21(12-18)32-4/h5-12H,13-14H2,1-4H3,(H,25,30). The highest BCUT2D eigenvalue weighted by Gasteiger charge is 2.16. The fourth-order valence-corrected chi connectivity index (χ4v) is 3.45. The molecular formula is C24H25N5O4. The average Bonchev–Trinajstić information content (AvgIpc) is 3.44. The molecule has 4 rings (SSSR count). The molecule has 9 heteroatoms. The lowest BCUT2D eigenvalue weighted by molar-refractivity contribution is 0.0907. The molecule has 0 atom stereocenters. The minimum atomic E-state index is -0.454. The van der Waals surface area contributed by atoms with Crippen molar-refractivity contribution in [3.05, 3.63) is 76.9 Å². The number of nitrogens with zero attached hydrogens (tertiary/aromatic N) is 4. The summed E-state index contributed by atoms with van der Waals surface area (Å²) >= 11 is 0. The van der Waals surface area contributed by atoms with Crippen LogP contribution in [-0.2, 0) is 13.1 Å². The van der Waals surface area contributed by atoms with Crippen LogP contribution in [-0.4, -0.2) is 40.0 Å². The van der Waals surface area contributed by atoms with E-state index in [9.17, 15) is 4.79 Å². The van der Waals surface area contributed by atoms with Crippen LogP contribution in [0.3, 0.4) is 0 Å². The number of rotatable bonds is 8. The Labute approximate surface area is 191 Å². The lowest BCUT2D eigenvalue weighted by Crippen LogP contribution is -2.23. The van der Waals surface area contributed by atoms with E-state index in [1.165, 1.54) is 0 Å². The van der Waals surface area contributed by atoms with Gasteiger partial charge in [-0.15, -0.1) is 0 Å². The van der Waals surface area contributed by atoms with Gasteiger partial charge in [0, 0.05) is 17.8 Å². The topological polar surface area (TPSA) is 104 Å². The van der Waals surface area contributed by atoms with Crippen LogP contribution in [0, 0.1) is 13.8 Å². The Bertz CT molecular complexity index is 1260. The monoisotopic (exact) mass is 447 g/mol. The van der Waals surface area contributed by atoms with Crippen molar-refractivity contribution in [1.82, 2.24) is 25.2 Å². The second-order valence-corrected chi connectivity index (χ2v) is 7.58. The van der Waals surface area contributed by atoms with E-state index in [0.29, 0.717) is 23.9 Å². The van der Waals surface area contributed by atoms with Gasteiger partial charge in [-0.2, -0.15) is 10.1 Å². The first-order chi connectivity index (χ1) is 16.0. The van der Waals surface area contributed by atoms with Gasteiger partial charge in [-0.3, -0.25) is 9.48 Å². The molecule has 170 valence electrons. The molecule has 0 radical (unpaired) electrons. The fraction of sp³-hybridized carbons (Fsp3) is 0.250. The van der Waals surface area contributed by atoms with Gasteiger partial charge in [0.25, 0.3) is 0 Å². The average molecular weight is 447 g/mol. The van der Waals surface area contributed by atoms with Gasteiger partial charge in [0.2, 0.25) is 5.82 Å². The summed E-state index contributed by atoms with van der Waals surface area (Å²) in [4.78, 5) is 16.7. The molecule has 1 N–H and O–H groups in total. The molecule has 0 saturated heterocycles. The molecule has 0 aliphatic rings. The number of amides is 1. The van der Waals surface area contributed by atoms with Crippen LogP contribution >= 0.6 is 0 Å². The van der Waals surface area contributed by atoms with Crippen LogP contribution in [0.2, 0.25) is 0 Å². The maximum atomic E-state index is 12.5. The van der Waals surface area contributed by atoms with Gasteiger partial charge >= 0.3 is 11.8 Å². The number of ether oxygens (including phenoxy) is 2. The first kappa shape index (κ1) is 22.1. The van der Waals surface area contributed by atoms with Crippen molar-refractivity contribution in [1.29, 1.82) is 0 Å². The van der Waals surface area contributed by atoms with E-state index in [1.54, 1.807) is 26.4 Å². The van der Waals surface area contributed by atoms with E-state index >= 15 is 0 Å². The van der Waals surface area contributed by atoms with Crippen LogP contribution in [0.15, 0.2) is 53.1 Å². The molecule has 0 unspecified atom stereocenters. The van der Waals surface area contributed by atoms with Crippen LogP contribution in [0.5, 0.6) is 11.5 Å². The first-order valence-corrected chi connectivity index (χ1v) is 10.4. The van der Waals surface area contributed by atoms with E-state index in [2.05, 4.69) is 20.6 Å². The third kappa shape index (κ3) is 5.03. The van der Waals surface area contributed by atoms with E-state index in [-0.39, 0.29) is 12.4 Å². The van der Waals surface area contributed by atoms with Gasteiger partial charge in [0.1, 0.15) is 0 Å². The maximum absolute atomic E-state index is 12.5. The Balaban J connectivity index is 1.39. The predicted octanol–water partition coefficient (Wildman–Crippen LogP) is 3.55. The van der Waals surface area contributed by atoms with Crippen molar-refractivity contribution in [2.45, 2.75) is 26.9 Å². The summed E-state index contributed by atoms with van der Waals surface area (Å²) in [5.41, 5.74) is 4.81. The summed E-state index contributed by atoms with van der Waals surface area (Å²) in [6.07, 6.45) is 0. The zero-order chi connectivity index (χ0) is 23.4. The highest BCUT2D eigenvalue weighted by Crippen LogP contribution is 2.27. The Hall–Kier alpha value is -4.14. The number of nitrogens with one attached hydrogen (secondary N) is 1. The second kappa shape index (κ2) is 9.56. The SMILES string of the molecule is COc1ccc(CNC(=O)c2nc(-c3ccc(Cn4nc(C)cc4C)cc3)no2)cc1OC. The summed E-state index contributed by atoms with van der Waals surface area (Å²) in [5, 5.41) is 11.2. The van der Waals surface area contributed by atoms with Crippen molar-refractivity contribution >= 4 is 5.91 Å². The predicted molar refractivity (Wildman–Crippen MR) is 121 cm³/mol. The number of aromatic nitrogens is 4. The fourth-order valence-electron chi connectivity index (χ4n) is 3.45. The van der Waals surface area contributed by atoms with E-state index in [0.717, 1.165) is 28.1 Å². The smallest absolute Gasteiger partial charge is 0.316 e. The maximum Gasteiger partial charge on any atom is 0.316 e.